The van der Waals surface area contributed by atoms with E-state index in [-0.39, 0.29) is 0 Å². The molecule has 0 saturated carbocycles. The summed E-state index contributed by atoms with van der Waals surface area (Å²) in [5, 5.41) is 3.54. The number of thioether (sulfide) groups is 1. The Hall–Kier alpha value is -1.40. The largest absolute Gasteiger partial charge is 0.496 e. The maximum Gasteiger partial charge on any atom is 0.193 e. The van der Waals surface area contributed by atoms with E-state index in [1.54, 1.807) is 7.11 Å². The van der Waals surface area contributed by atoms with Gasteiger partial charge in [-0.05, 0) is 37.8 Å². The molecule has 1 atom stereocenters. The molecule has 2 rings (SSSR count). The summed E-state index contributed by atoms with van der Waals surface area (Å²) >= 11 is 1.85. The van der Waals surface area contributed by atoms with Crippen molar-refractivity contribution in [2.75, 3.05) is 46.2 Å². The van der Waals surface area contributed by atoms with Crippen molar-refractivity contribution in [1.82, 2.24) is 10.2 Å². The Morgan fingerprint density at radius 1 is 1.35 bits per heavy atom. The third-order valence-electron chi connectivity index (χ3n) is 4.56. The second-order valence-electron chi connectivity index (χ2n) is 6.64. The monoisotopic (exact) mass is 379 g/mol. The lowest BCUT2D eigenvalue weighted by Gasteiger charge is -2.34. The van der Waals surface area contributed by atoms with Crippen molar-refractivity contribution in [3.63, 3.8) is 0 Å². The van der Waals surface area contributed by atoms with Gasteiger partial charge in [-0.25, -0.2) is 0 Å². The van der Waals surface area contributed by atoms with Crippen LogP contribution in [0.4, 0.5) is 0 Å². The molecule has 6 heteroatoms. The van der Waals surface area contributed by atoms with Crippen LogP contribution in [-0.2, 0) is 4.74 Å². The molecule has 0 bridgehead atoms. The molecular weight excluding hydrogens is 346 g/mol. The van der Waals surface area contributed by atoms with Crippen LogP contribution < -0.4 is 10.1 Å². The predicted octanol–water partition coefficient (Wildman–Crippen LogP) is 3.50. The van der Waals surface area contributed by atoms with Crippen molar-refractivity contribution < 1.29 is 9.47 Å². The molecule has 0 spiro atoms. The molecule has 1 N–H and O–H groups in total. The van der Waals surface area contributed by atoms with Gasteiger partial charge in [0.05, 0.1) is 13.2 Å². The topological polar surface area (TPSA) is 46.1 Å². The minimum atomic E-state index is 0.408. The Morgan fingerprint density at radius 2 is 2.08 bits per heavy atom. The van der Waals surface area contributed by atoms with Crippen molar-refractivity contribution in [3.8, 4) is 5.75 Å². The number of likely N-dealkylation sites (tertiary alicyclic amines) is 1. The molecule has 1 unspecified atom stereocenters. The van der Waals surface area contributed by atoms with E-state index in [1.807, 2.05) is 30.9 Å². The molecular formula is C20H33N3O2S. The van der Waals surface area contributed by atoms with Crippen LogP contribution in [0, 0.1) is 5.92 Å². The Balaban J connectivity index is 1.74. The van der Waals surface area contributed by atoms with Gasteiger partial charge in [0.15, 0.2) is 5.96 Å². The van der Waals surface area contributed by atoms with Gasteiger partial charge in [0.2, 0.25) is 0 Å². The SMILES string of the molecule is CCOC1CCN(C(=NC)NCC(C)CSc2ccccc2OC)CC1. The number of methoxy groups -OCH3 is 1. The van der Waals surface area contributed by atoms with Gasteiger partial charge in [0.1, 0.15) is 5.75 Å². The van der Waals surface area contributed by atoms with Crippen molar-refractivity contribution in [1.29, 1.82) is 0 Å². The number of guanidine groups is 1. The second kappa shape index (κ2) is 11.3. The third kappa shape index (κ3) is 6.40. The molecule has 1 saturated heterocycles. The smallest absolute Gasteiger partial charge is 0.193 e. The van der Waals surface area contributed by atoms with E-state index in [0.717, 1.165) is 56.5 Å². The third-order valence-corrected chi connectivity index (χ3v) is 5.94. The van der Waals surface area contributed by atoms with Crippen LogP contribution in [0.1, 0.15) is 26.7 Å². The summed E-state index contributed by atoms with van der Waals surface area (Å²) in [6.07, 6.45) is 2.56. The summed E-state index contributed by atoms with van der Waals surface area (Å²) in [6, 6.07) is 8.19. The van der Waals surface area contributed by atoms with Gasteiger partial charge in [-0.1, -0.05) is 19.1 Å². The van der Waals surface area contributed by atoms with E-state index in [9.17, 15) is 0 Å². The molecule has 1 aliphatic rings. The normalized spacial score (nSPS) is 17.2. The van der Waals surface area contributed by atoms with Gasteiger partial charge in [-0.15, -0.1) is 11.8 Å². The molecule has 0 aliphatic carbocycles. The Bertz CT molecular complexity index is 560. The van der Waals surface area contributed by atoms with Gasteiger partial charge in [-0.2, -0.15) is 0 Å². The highest BCUT2D eigenvalue weighted by molar-refractivity contribution is 7.99. The van der Waals surface area contributed by atoms with Crippen LogP contribution in [0.25, 0.3) is 0 Å². The minimum Gasteiger partial charge on any atom is -0.496 e. The van der Waals surface area contributed by atoms with E-state index < -0.39 is 0 Å². The fraction of sp³-hybridized carbons (Fsp3) is 0.650. The lowest BCUT2D eigenvalue weighted by atomic mass is 10.1. The van der Waals surface area contributed by atoms with E-state index in [4.69, 9.17) is 9.47 Å². The van der Waals surface area contributed by atoms with Crippen LogP contribution in [0.3, 0.4) is 0 Å². The summed E-state index contributed by atoms with van der Waals surface area (Å²) in [5.74, 6) is 3.53. The maximum absolute atomic E-state index is 5.74. The number of hydrogen-bond donors (Lipinski definition) is 1. The van der Waals surface area contributed by atoms with Crippen molar-refractivity contribution in [3.05, 3.63) is 24.3 Å². The highest BCUT2D eigenvalue weighted by Gasteiger charge is 2.21. The Labute approximate surface area is 162 Å². The molecule has 1 aromatic rings. The zero-order valence-electron chi connectivity index (χ0n) is 16.5. The van der Waals surface area contributed by atoms with Gasteiger partial charge in [0, 0.05) is 43.9 Å². The van der Waals surface area contributed by atoms with Gasteiger partial charge < -0.3 is 19.7 Å². The first-order valence-electron chi connectivity index (χ1n) is 9.50. The van der Waals surface area contributed by atoms with Crippen molar-refractivity contribution >= 4 is 17.7 Å². The number of benzene rings is 1. The average molecular weight is 380 g/mol. The Morgan fingerprint density at radius 3 is 2.73 bits per heavy atom. The van der Waals surface area contributed by atoms with Crippen molar-refractivity contribution in [2.45, 2.75) is 37.7 Å². The quantitative estimate of drug-likeness (QED) is 0.425. The summed E-state index contributed by atoms with van der Waals surface area (Å²) in [7, 11) is 3.59. The zero-order valence-corrected chi connectivity index (χ0v) is 17.3. The molecule has 1 aromatic carbocycles. The molecule has 0 radical (unpaired) electrons. The van der Waals surface area contributed by atoms with Gasteiger partial charge in [-0.3, -0.25) is 4.99 Å². The molecule has 26 heavy (non-hydrogen) atoms. The van der Waals surface area contributed by atoms with Gasteiger partial charge >= 0.3 is 0 Å². The fourth-order valence-corrected chi connectivity index (χ4v) is 4.15. The number of rotatable bonds is 8. The first kappa shape index (κ1) is 20.9. The highest BCUT2D eigenvalue weighted by Crippen LogP contribution is 2.29. The average Bonchev–Trinajstić information content (AvgIpc) is 2.68. The molecule has 1 aliphatic heterocycles. The summed E-state index contributed by atoms with van der Waals surface area (Å²) in [6.45, 7) is 8.07. The number of ether oxygens (including phenoxy) is 2. The Kier molecular flexibility index (Phi) is 9.12. The van der Waals surface area contributed by atoms with E-state index in [2.05, 4.69) is 41.2 Å². The molecule has 0 aromatic heterocycles. The van der Waals surface area contributed by atoms with E-state index in [0.29, 0.717) is 12.0 Å². The summed E-state index contributed by atoms with van der Waals surface area (Å²) in [5.41, 5.74) is 0. The van der Waals surface area contributed by atoms with Crippen LogP contribution >= 0.6 is 11.8 Å². The number of aliphatic imine (C=N–C) groups is 1. The first-order chi connectivity index (χ1) is 12.7. The molecule has 146 valence electrons. The lowest BCUT2D eigenvalue weighted by molar-refractivity contribution is 0.0263. The van der Waals surface area contributed by atoms with Crippen LogP contribution in [0.2, 0.25) is 0 Å². The van der Waals surface area contributed by atoms with Crippen molar-refractivity contribution in [2.24, 2.45) is 10.9 Å². The number of piperidine rings is 1. The second-order valence-corrected chi connectivity index (χ2v) is 7.70. The molecule has 0 amide bonds. The number of nitrogens with one attached hydrogen (secondary N) is 1. The van der Waals surface area contributed by atoms with E-state index >= 15 is 0 Å². The standard InChI is InChI=1S/C20H33N3O2S/c1-5-25-17-10-12-23(13-11-17)20(21-3)22-14-16(2)15-26-19-9-7-6-8-18(19)24-4/h6-9,16-17H,5,10-15H2,1-4H3,(H,21,22). The molecule has 1 fully saturated rings. The molecule has 1 heterocycles. The number of para-hydroxylation sites is 1. The van der Waals surface area contributed by atoms with Gasteiger partial charge in [0.25, 0.3) is 0 Å². The highest BCUT2D eigenvalue weighted by atomic mass is 32.2. The summed E-state index contributed by atoms with van der Waals surface area (Å²) in [4.78, 5) is 8.01. The van der Waals surface area contributed by atoms with E-state index in [1.165, 1.54) is 4.90 Å². The summed E-state index contributed by atoms with van der Waals surface area (Å²) < 4.78 is 11.2. The maximum atomic E-state index is 5.74. The lowest BCUT2D eigenvalue weighted by Crippen LogP contribution is -2.48. The fourth-order valence-electron chi connectivity index (χ4n) is 3.10. The minimum absolute atomic E-state index is 0.408. The van der Waals surface area contributed by atoms with Crippen LogP contribution in [-0.4, -0.2) is 63.1 Å². The number of nitrogens with zero attached hydrogens (tertiary/aromatic N) is 2. The predicted molar refractivity (Wildman–Crippen MR) is 110 cm³/mol. The zero-order chi connectivity index (χ0) is 18.8. The van der Waals surface area contributed by atoms with Crippen LogP contribution in [0.15, 0.2) is 34.2 Å². The first-order valence-corrected chi connectivity index (χ1v) is 10.5. The number of hydrogen-bond acceptors (Lipinski definition) is 4. The molecule has 5 nitrogen and oxygen atoms in total. The van der Waals surface area contributed by atoms with Crippen LogP contribution in [0.5, 0.6) is 5.75 Å².